The van der Waals surface area contributed by atoms with Crippen LogP contribution in [0.3, 0.4) is 0 Å². The molecule has 2 N–H and O–H groups in total. The van der Waals surface area contributed by atoms with Crippen LogP contribution in [0.5, 0.6) is 0 Å². The molecule has 0 aliphatic carbocycles. The number of nitrogens with one attached hydrogen (secondary N) is 1. The molecule has 0 aromatic carbocycles. The highest BCUT2D eigenvalue weighted by Crippen LogP contribution is 2.08. The molecular formula is C6H14NO2P. The van der Waals surface area contributed by atoms with Crippen LogP contribution in [0.1, 0.15) is 6.92 Å². The van der Waals surface area contributed by atoms with Gasteiger partial charge < -0.3 is 14.9 Å². The maximum absolute atomic E-state index is 8.81. The summed E-state index contributed by atoms with van der Waals surface area (Å²) in [5.41, 5.74) is 0. The van der Waals surface area contributed by atoms with Crippen LogP contribution in [0.4, 0.5) is 0 Å². The third kappa shape index (κ3) is 5.86. The lowest BCUT2D eigenvalue weighted by Gasteiger charge is -2.10. The third-order valence-corrected chi connectivity index (χ3v) is 1.27. The van der Waals surface area contributed by atoms with Gasteiger partial charge in [0, 0.05) is 6.54 Å². The molecule has 4 heteroatoms. The lowest BCUT2D eigenvalue weighted by atomic mass is 10.4. The molecule has 60 valence electrons. The normalized spacial score (nSPS) is 13.5. The van der Waals surface area contributed by atoms with Crippen molar-refractivity contribution in [2.45, 2.75) is 13.0 Å². The topological polar surface area (TPSA) is 41.5 Å². The second kappa shape index (κ2) is 5.51. The van der Waals surface area contributed by atoms with Gasteiger partial charge in [0.2, 0.25) is 0 Å². The molecule has 0 fully saturated rings. The fourth-order valence-electron chi connectivity index (χ4n) is 0.421. The summed E-state index contributed by atoms with van der Waals surface area (Å²) in [6, 6.07) is 0. The fraction of sp³-hybridized carbons (Fsp3) is 0.667. The van der Waals surface area contributed by atoms with Crippen molar-refractivity contribution in [1.29, 1.82) is 0 Å². The van der Waals surface area contributed by atoms with E-state index in [-0.39, 0.29) is 6.10 Å². The van der Waals surface area contributed by atoms with Gasteiger partial charge in [-0.05, 0) is 20.2 Å². The number of aliphatic hydroxyl groups is 1. The van der Waals surface area contributed by atoms with Crippen LogP contribution in [-0.4, -0.2) is 24.4 Å². The van der Waals surface area contributed by atoms with Gasteiger partial charge in [0.1, 0.15) is 0 Å². The standard InChI is InChI=1S/C6H14NO2P/c1-5(8)4-7-6(2)9-10-3/h5,7-8,10H,2,4H2,1,3H3. The van der Waals surface area contributed by atoms with Gasteiger partial charge in [-0.15, -0.1) is 0 Å². The molecule has 0 aliphatic heterocycles. The Morgan fingerprint density at radius 3 is 2.90 bits per heavy atom. The zero-order valence-corrected chi connectivity index (χ0v) is 7.35. The minimum atomic E-state index is -0.361. The molecule has 0 bridgehead atoms. The molecule has 2 atom stereocenters. The number of hydrogen-bond donors (Lipinski definition) is 2. The van der Waals surface area contributed by atoms with E-state index in [1.54, 1.807) is 6.92 Å². The molecule has 3 nitrogen and oxygen atoms in total. The lowest BCUT2D eigenvalue weighted by Crippen LogP contribution is -2.23. The minimum Gasteiger partial charge on any atom is -0.463 e. The van der Waals surface area contributed by atoms with Gasteiger partial charge in [0.25, 0.3) is 0 Å². The maximum Gasteiger partial charge on any atom is 0.182 e. The summed E-state index contributed by atoms with van der Waals surface area (Å²) in [6.07, 6.45) is -0.361. The number of aliphatic hydroxyl groups excluding tert-OH is 1. The van der Waals surface area contributed by atoms with Crippen molar-refractivity contribution in [3.05, 3.63) is 12.5 Å². The predicted octanol–water partition coefficient (Wildman–Crippen LogP) is 0.668. The van der Waals surface area contributed by atoms with Crippen molar-refractivity contribution in [1.82, 2.24) is 5.32 Å². The second-order valence-corrected chi connectivity index (χ2v) is 2.57. The van der Waals surface area contributed by atoms with Gasteiger partial charge in [-0.2, -0.15) is 0 Å². The largest absolute Gasteiger partial charge is 0.463 e. The zero-order valence-electron chi connectivity index (χ0n) is 6.35. The molecule has 2 unspecified atom stereocenters. The average molecular weight is 163 g/mol. The first-order chi connectivity index (χ1) is 4.66. The van der Waals surface area contributed by atoms with E-state index in [0.29, 0.717) is 21.2 Å². The van der Waals surface area contributed by atoms with Crippen molar-refractivity contribution < 1.29 is 9.63 Å². The second-order valence-electron chi connectivity index (χ2n) is 1.96. The monoisotopic (exact) mass is 163 g/mol. The summed E-state index contributed by atoms with van der Waals surface area (Å²) in [5, 5.41) is 11.6. The summed E-state index contributed by atoms with van der Waals surface area (Å²) >= 11 is 0. The third-order valence-electron chi connectivity index (χ3n) is 0.820. The van der Waals surface area contributed by atoms with Crippen LogP contribution in [-0.2, 0) is 4.52 Å². The lowest BCUT2D eigenvalue weighted by molar-refractivity contribution is 0.189. The van der Waals surface area contributed by atoms with Crippen molar-refractivity contribution in [3.63, 3.8) is 0 Å². The molecule has 0 aromatic heterocycles. The molecule has 0 spiro atoms. The summed E-state index contributed by atoms with van der Waals surface area (Å²) in [5.74, 6) is 0.529. The first kappa shape index (κ1) is 9.73. The molecule has 0 saturated heterocycles. The van der Waals surface area contributed by atoms with E-state index in [9.17, 15) is 0 Å². The predicted molar refractivity (Wildman–Crippen MR) is 44.1 cm³/mol. The number of hydrogen-bond acceptors (Lipinski definition) is 3. The SMILES string of the molecule is C=C(NCC(C)O)OPC. The Labute approximate surface area is 63.3 Å². The van der Waals surface area contributed by atoms with Crippen LogP contribution in [0.15, 0.2) is 12.5 Å². The highest BCUT2D eigenvalue weighted by molar-refractivity contribution is 7.31. The van der Waals surface area contributed by atoms with Gasteiger partial charge in [-0.1, -0.05) is 0 Å². The molecular weight excluding hydrogens is 149 g/mol. The quantitative estimate of drug-likeness (QED) is 0.462. The molecule has 0 amide bonds. The molecule has 0 rings (SSSR count). The van der Waals surface area contributed by atoms with E-state index >= 15 is 0 Å². The molecule has 0 heterocycles. The smallest absolute Gasteiger partial charge is 0.182 e. The van der Waals surface area contributed by atoms with Gasteiger partial charge in [-0.25, -0.2) is 0 Å². The summed E-state index contributed by atoms with van der Waals surface area (Å²) in [4.78, 5) is 0. The van der Waals surface area contributed by atoms with Crippen LogP contribution >= 0.6 is 8.81 Å². The van der Waals surface area contributed by atoms with Crippen molar-refractivity contribution in [2.75, 3.05) is 13.2 Å². The van der Waals surface area contributed by atoms with Gasteiger partial charge in [0.15, 0.2) is 5.88 Å². The van der Waals surface area contributed by atoms with Gasteiger partial charge in [0.05, 0.1) is 14.9 Å². The first-order valence-corrected chi connectivity index (χ1v) is 4.52. The van der Waals surface area contributed by atoms with Crippen LogP contribution in [0.25, 0.3) is 0 Å². The van der Waals surface area contributed by atoms with Gasteiger partial charge in [-0.3, -0.25) is 0 Å². The Balaban J connectivity index is 3.22. The molecule has 0 aliphatic rings. The highest BCUT2D eigenvalue weighted by atomic mass is 31.1. The Bertz CT molecular complexity index is 106. The Hall–Kier alpha value is -0.270. The maximum atomic E-state index is 8.81. The highest BCUT2D eigenvalue weighted by Gasteiger charge is 1.95. The van der Waals surface area contributed by atoms with Gasteiger partial charge >= 0.3 is 0 Å². The van der Waals surface area contributed by atoms with Crippen molar-refractivity contribution in [2.24, 2.45) is 0 Å². The molecule has 0 aromatic rings. The molecule has 0 saturated carbocycles. The van der Waals surface area contributed by atoms with E-state index in [2.05, 4.69) is 11.9 Å². The van der Waals surface area contributed by atoms with Crippen molar-refractivity contribution in [3.8, 4) is 0 Å². The van der Waals surface area contributed by atoms with Crippen LogP contribution < -0.4 is 5.32 Å². The Kier molecular flexibility index (Phi) is 5.36. The van der Waals surface area contributed by atoms with E-state index in [4.69, 9.17) is 9.63 Å². The molecule has 10 heavy (non-hydrogen) atoms. The first-order valence-electron chi connectivity index (χ1n) is 3.11. The Morgan fingerprint density at radius 2 is 2.50 bits per heavy atom. The van der Waals surface area contributed by atoms with Crippen LogP contribution in [0, 0.1) is 0 Å². The summed E-state index contributed by atoms with van der Waals surface area (Å²) < 4.78 is 5.00. The van der Waals surface area contributed by atoms with E-state index in [0.717, 1.165) is 0 Å². The summed E-state index contributed by atoms with van der Waals surface area (Å²) in [6.45, 7) is 7.68. The summed E-state index contributed by atoms with van der Waals surface area (Å²) in [7, 11) is 0.398. The van der Waals surface area contributed by atoms with E-state index in [1.165, 1.54) is 0 Å². The average Bonchev–Trinajstić information content (AvgIpc) is 1.85. The molecule has 0 radical (unpaired) electrons. The fourth-order valence-corrected chi connectivity index (χ4v) is 0.739. The number of rotatable bonds is 5. The minimum absolute atomic E-state index is 0.361. The zero-order chi connectivity index (χ0) is 7.98. The van der Waals surface area contributed by atoms with E-state index < -0.39 is 0 Å². The van der Waals surface area contributed by atoms with Crippen molar-refractivity contribution >= 4 is 8.81 Å². The Morgan fingerprint density at radius 1 is 1.90 bits per heavy atom. The van der Waals surface area contributed by atoms with E-state index in [1.807, 2.05) is 6.66 Å². The van der Waals surface area contributed by atoms with Crippen LogP contribution in [0.2, 0.25) is 0 Å².